The highest BCUT2D eigenvalue weighted by Crippen LogP contribution is 2.25. The van der Waals surface area contributed by atoms with Crippen LogP contribution in [-0.2, 0) is 0 Å². The highest BCUT2D eigenvalue weighted by Gasteiger charge is 2.10. The number of hydrogen-bond acceptors (Lipinski definition) is 5. The molecule has 0 fully saturated rings. The molecule has 7 nitrogen and oxygen atoms in total. The van der Waals surface area contributed by atoms with Gasteiger partial charge >= 0.3 is 0 Å². The zero-order valence-electron chi connectivity index (χ0n) is 14.5. The summed E-state index contributed by atoms with van der Waals surface area (Å²) < 4.78 is 15.1. The van der Waals surface area contributed by atoms with Crippen LogP contribution in [-0.4, -0.2) is 19.5 Å². The van der Waals surface area contributed by atoms with Crippen LogP contribution in [0.25, 0.3) is 17.1 Å². The third kappa shape index (κ3) is 3.56. The van der Waals surface area contributed by atoms with E-state index in [9.17, 15) is 14.5 Å². The monoisotopic (exact) mass is 375 g/mol. The molecule has 4 aromatic rings. The number of rotatable bonds is 5. The molecule has 0 atom stereocenters. The van der Waals surface area contributed by atoms with Crippen molar-refractivity contribution in [2.75, 3.05) is 5.32 Å². The van der Waals surface area contributed by atoms with Gasteiger partial charge in [0, 0.05) is 48.0 Å². The maximum absolute atomic E-state index is 13.2. The standard InChI is InChI=1S/C20H14FN5O2/c21-15-6-4-14(5-7-15)20-23-10-11-25(20)17-8-9-22-19(13-17)24-16-2-1-3-18(12-16)26(27)28/h1-13H,(H,22,24). The summed E-state index contributed by atoms with van der Waals surface area (Å²) in [7, 11) is 0. The normalized spacial score (nSPS) is 10.6. The van der Waals surface area contributed by atoms with Gasteiger partial charge in [-0.2, -0.15) is 0 Å². The van der Waals surface area contributed by atoms with Gasteiger partial charge in [0.05, 0.1) is 10.6 Å². The van der Waals surface area contributed by atoms with E-state index in [4.69, 9.17) is 0 Å². The highest BCUT2D eigenvalue weighted by atomic mass is 19.1. The van der Waals surface area contributed by atoms with E-state index in [2.05, 4.69) is 15.3 Å². The second-order valence-corrected chi connectivity index (χ2v) is 5.96. The molecule has 0 spiro atoms. The minimum atomic E-state index is -0.449. The fraction of sp³-hybridized carbons (Fsp3) is 0. The topological polar surface area (TPSA) is 85.9 Å². The summed E-state index contributed by atoms with van der Waals surface area (Å²) in [5, 5.41) is 14.0. The van der Waals surface area contributed by atoms with Crippen LogP contribution in [0.1, 0.15) is 0 Å². The van der Waals surface area contributed by atoms with Crippen LogP contribution in [0.5, 0.6) is 0 Å². The Labute approximate surface area is 159 Å². The third-order valence-corrected chi connectivity index (χ3v) is 4.09. The largest absolute Gasteiger partial charge is 0.340 e. The minimum Gasteiger partial charge on any atom is -0.340 e. The van der Waals surface area contributed by atoms with Crippen LogP contribution in [0, 0.1) is 15.9 Å². The molecule has 138 valence electrons. The van der Waals surface area contributed by atoms with Gasteiger partial charge in [-0.15, -0.1) is 0 Å². The minimum absolute atomic E-state index is 0.00522. The zero-order valence-corrected chi connectivity index (χ0v) is 14.5. The molecule has 0 aliphatic heterocycles. The number of nitrogens with zero attached hydrogens (tertiary/aromatic N) is 4. The molecule has 0 saturated heterocycles. The van der Waals surface area contributed by atoms with Crippen LogP contribution in [0.4, 0.5) is 21.6 Å². The Balaban J connectivity index is 1.65. The van der Waals surface area contributed by atoms with Gasteiger partial charge in [-0.05, 0) is 36.4 Å². The number of pyridine rings is 1. The van der Waals surface area contributed by atoms with Gasteiger partial charge in [0.15, 0.2) is 0 Å². The Bertz CT molecular complexity index is 1140. The molecule has 0 aliphatic carbocycles. The van der Waals surface area contributed by atoms with Crippen LogP contribution >= 0.6 is 0 Å². The lowest BCUT2D eigenvalue weighted by Crippen LogP contribution is -2.00. The molecule has 0 radical (unpaired) electrons. The number of non-ortho nitro benzene ring substituents is 1. The van der Waals surface area contributed by atoms with Crippen molar-refractivity contribution in [3.05, 3.63) is 95.2 Å². The lowest BCUT2D eigenvalue weighted by molar-refractivity contribution is -0.384. The fourth-order valence-electron chi connectivity index (χ4n) is 2.81. The van der Waals surface area contributed by atoms with E-state index in [1.807, 2.05) is 10.6 Å². The number of imidazole rings is 1. The van der Waals surface area contributed by atoms with Gasteiger partial charge < -0.3 is 5.32 Å². The molecule has 0 amide bonds. The summed E-state index contributed by atoms with van der Waals surface area (Å²) in [6.45, 7) is 0. The first-order chi connectivity index (χ1) is 13.6. The molecule has 1 N–H and O–H groups in total. The maximum atomic E-state index is 13.2. The van der Waals surface area contributed by atoms with Crippen LogP contribution in [0.15, 0.2) is 79.3 Å². The van der Waals surface area contributed by atoms with Gasteiger partial charge in [0.25, 0.3) is 5.69 Å². The number of halogens is 1. The molecule has 8 heteroatoms. The number of nitrogens with one attached hydrogen (secondary N) is 1. The molecule has 0 bridgehead atoms. The van der Waals surface area contributed by atoms with Crippen molar-refractivity contribution in [2.24, 2.45) is 0 Å². The fourth-order valence-corrected chi connectivity index (χ4v) is 2.81. The molecule has 28 heavy (non-hydrogen) atoms. The first kappa shape index (κ1) is 17.3. The smallest absolute Gasteiger partial charge is 0.271 e. The number of anilines is 2. The molecule has 4 rings (SSSR count). The summed E-state index contributed by atoms with van der Waals surface area (Å²) in [5.74, 6) is 0.874. The summed E-state index contributed by atoms with van der Waals surface area (Å²) >= 11 is 0. The van der Waals surface area contributed by atoms with Crippen molar-refractivity contribution < 1.29 is 9.31 Å². The second kappa shape index (κ2) is 7.28. The summed E-state index contributed by atoms with van der Waals surface area (Å²) in [5.41, 5.74) is 2.12. The number of benzene rings is 2. The van der Waals surface area contributed by atoms with E-state index in [1.165, 1.54) is 24.3 Å². The van der Waals surface area contributed by atoms with Gasteiger partial charge in [-0.25, -0.2) is 14.4 Å². The lowest BCUT2D eigenvalue weighted by atomic mass is 10.2. The average molecular weight is 375 g/mol. The van der Waals surface area contributed by atoms with Gasteiger partial charge in [0.1, 0.15) is 17.5 Å². The van der Waals surface area contributed by atoms with E-state index < -0.39 is 4.92 Å². The van der Waals surface area contributed by atoms with Crippen molar-refractivity contribution >= 4 is 17.2 Å². The number of hydrogen-bond donors (Lipinski definition) is 1. The van der Waals surface area contributed by atoms with Crippen molar-refractivity contribution in [3.8, 4) is 17.1 Å². The zero-order chi connectivity index (χ0) is 19.5. The molecular formula is C20H14FN5O2. The third-order valence-electron chi connectivity index (χ3n) is 4.09. The van der Waals surface area contributed by atoms with E-state index in [1.54, 1.807) is 48.9 Å². The van der Waals surface area contributed by atoms with E-state index in [-0.39, 0.29) is 11.5 Å². The van der Waals surface area contributed by atoms with Gasteiger partial charge in [0.2, 0.25) is 0 Å². The molecular weight excluding hydrogens is 361 g/mol. The van der Waals surface area contributed by atoms with E-state index in [0.717, 1.165) is 11.3 Å². The Morgan fingerprint density at radius 1 is 1.00 bits per heavy atom. The molecule has 2 aromatic heterocycles. The summed E-state index contributed by atoms with van der Waals surface area (Å²) in [6, 6.07) is 15.9. The molecule has 2 heterocycles. The Morgan fingerprint density at radius 2 is 1.82 bits per heavy atom. The number of nitro groups is 1. The van der Waals surface area contributed by atoms with Crippen molar-refractivity contribution in [3.63, 3.8) is 0 Å². The summed E-state index contributed by atoms with van der Waals surface area (Å²) in [6.07, 6.45) is 5.08. The second-order valence-electron chi connectivity index (χ2n) is 5.96. The first-order valence-corrected chi connectivity index (χ1v) is 8.37. The molecule has 0 unspecified atom stereocenters. The van der Waals surface area contributed by atoms with Crippen molar-refractivity contribution in [1.29, 1.82) is 0 Å². The Hall–Kier alpha value is -4.07. The molecule has 0 aliphatic rings. The summed E-state index contributed by atoms with van der Waals surface area (Å²) in [4.78, 5) is 19.1. The van der Waals surface area contributed by atoms with Gasteiger partial charge in [-0.3, -0.25) is 14.7 Å². The van der Waals surface area contributed by atoms with E-state index in [0.29, 0.717) is 17.3 Å². The predicted octanol–water partition coefficient (Wildman–Crippen LogP) is 4.73. The first-order valence-electron chi connectivity index (χ1n) is 8.37. The SMILES string of the molecule is O=[N+]([O-])c1cccc(Nc2cc(-n3ccnc3-c3ccc(F)cc3)ccn2)c1. The van der Waals surface area contributed by atoms with Gasteiger partial charge in [-0.1, -0.05) is 6.07 Å². The molecule has 0 saturated carbocycles. The average Bonchev–Trinajstić information content (AvgIpc) is 3.19. The predicted molar refractivity (Wildman–Crippen MR) is 103 cm³/mol. The highest BCUT2D eigenvalue weighted by molar-refractivity contribution is 5.63. The van der Waals surface area contributed by atoms with Crippen LogP contribution in [0.2, 0.25) is 0 Å². The maximum Gasteiger partial charge on any atom is 0.271 e. The van der Waals surface area contributed by atoms with Crippen LogP contribution < -0.4 is 5.32 Å². The Morgan fingerprint density at radius 3 is 2.61 bits per heavy atom. The quantitative estimate of drug-likeness (QED) is 0.403. The van der Waals surface area contributed by atoms with Crippen molar-refractivity contribution in [2.45, 2.75) is 0 Å². The number of aromatic nitrogens is 3. The van der Waals surface area contributed by atoms with E-state index >= 15 is 0 Å². The van der Waals surface area contributed by atoms with Crippen LogP contribution in [0.3, 0.4) is 0 Å². The molecule has 2 aromatic carbocycles. The lowest BCUT2D eigenvalue weighted by Gasteiger charge is -2.11. The Kier molecular flexibility index (Phi) is 4.51. The van der Waals surface area contributed by atoms with Crippen molar-refractivity contribution in [1.82, 2.24) is 14.5 Å². The number of nitro benzene ring substituents is 1.